The van der Waals surface area contributed by atoms with E-state index in [0.29, 0.717) is 6.42 Å². The van der Waals surface area contributed by atoms with E-state index in [-0.39, 0.29) is 48.5 Å². The number of hydrogen-bond acceptors (Lipinski definition) is 6. The molecular weight excluding hydrogens is 531 g/mol. The van der Waals surface area contributed by atoms with Crippen LogP contribution in [0.2, 0.25) is 32.2 Å². The number of hydrogen-bond donors (Lipinski definition) is 1. The van der Waals surface area contributed by atoms with Crippen molar-refractivity contribution >= 4 is 39.6 Å². The topological polar surface area (TPSA) is 85.3 Å². The number of amides is 1. The summed E-state index contributed by atoms with van der Waals surface area (Å²) in [5.41, 5.74) is 0.556. The molecule has 0 radical (unpaired) electrons. The van der Waals surface area contributed by atoms with Gasteiger partial charge in [-0.15, -0.1) is 0 Å². The van der Waals surface area contributed by atoms with Gasteiger partial charge in [0.05, 0.1) is 18.4 Å². The zero-order valence-corrected chi connectivity index (χ0v) is 28.7. The van der Waals surface area contributed by atoms with E-state index in [1.54, 1.807) is 0 Å². The lowest BCUT2D eigenvalue weighted by Crippen LogP contribution is -2.73. The molecule has 1 fully saturated rings. The first-order valence-electron chi connectivity index (χ1n) is 14.3. The second-order valence-electron chi connectivity index (χ2n) is 11.8. The highest BCUT2D eigenvalue weighted by Crippen LogP contribution is 2.48. The van der Waals surface area contributed by atoms with Gasteiger partial charge in [0.2, 0.25) is 5.91 Å². The van der Waals surface area contributed by atoms with Crippen LogP contribution in [-0.2, 0) is 29.8 Å². The first kappa shape index (κ1) is 32.9. The first-order valence-corrected chi connectivity index (χ1v) is 21.5. The van der Waals surface area contributed by atoms with E-state index in [2.05, 4.69) is 58.4 Å². The van der Waals surface area contributed by atoms with Crippen LogP contribution >= 0.6 is 0 Å². The van der Waals surface area contributed by atoms with E-state index >= 15 is 0 Å². The molecule has 0 spiro atoms. The molecule has 1 aliphatic rings. The highest BCUT2D eigenvalue weighted by Gasteiger charge is 2.58. The summed E-state index contributed by atoms with van der Waals surface area (Å²) in [6.07, 6.45) is 1.28. The van der Waals surface area contributed by atoms with Gasteiger partial charge in [-0.05, 0) is 23.9 Å². The Hall–Kier alpha value is -1.31. The second kappa shape index (κ2) is 14.9. The van der Waals surface area contributed by atoms with Crippen molar-refractivity contribution in [1.29, 1.82) is 0 Å². The van der Waals surface area contributed by atoms with E-state index < -0.39 is 39.8 Å². The lowest BCUT2D eigenvalue weighted by atomic mass is 9.66. The van der Waals surface area contributed by atoms with Crippen LogP contribution in [0, 0.1) is 17.3 Å². The number of β-lactam (4-membered cyclic amide) rings is 1. The molecule has 1 saturated heterocycles. The van der Waals surface area contributed by atoms with Crippen molar-refractivity contribution < 1.29 is 28.3 Å². The molecular formula is C28H51NO6Si3. The molecule has 1 N–H and O–H groups in total. The molecule has 216 valence electrons. The normalized spacial score (nSPS) is 21.2. The molecule has 0 aliphatic carbocycles. The Morgan fingerprint density at radius 3 is 2.32 bits per heavy atom. The summed E-state index contributed by atoms with van der Waals surface area (Å²) in [5, 5.41) is 11.0. The van der Waals surface area contributed by atoms with Crippen molar-refractivity contribution in [2.24, 2.45) is 17.3 Å². The fraction of sp³-hybridized carbons (Fsp3) is 0.714. The van der Waals surface area contributed by atoms with Crippen molar-refractivity contribution in [3.63, 3.8) is 0 Å². The Kier molecular flexibility index (Phi) is 12.9. The third-order valence-electron chi connectivity index (χ3n) is 8.18. The first-order chi connectivity index (χ1) is 17.9. The number of esters is 1. The van der Waals surface area contributed by atoms with Gasteiger partial charge in [0.1, 0.15) is 12.9 Å². The molecule has 0 saturated carbocycles. The highest BCUT2D eigenvalue weighted by molar-refractivity contribution is 6.77. The highest BCUT2D eigenvalue weighted by atomic mass is 28.3. The zero-order chi connectivity index (χ0) is 28.5. The molecule has 1 aromatic carbocycles. The minimum Gasteiger partial charge on any atom is -0.461 e. The minimum absolute atomic E-state index is 0.00411. The lowest BCUT2D eigenvalue weighted by molar-refractivity contribution is -0.167. The predicted octanol–water partition coefficient (Wildman–Crippen LogP) is 3.99. The molecule has 10 heteroatoms. The smallest absolute Gasteiger partial charge is 0.308 e. The molecule has 1 amide bonds. The van der Waals surface area contributed by atoms with Gasteiger partial charge in [-0.1, -0.05) is 97.1 Å². The van der Waals surface area contributed by atoms with Crippen molar-refractivity contribution in [3.8, 4) is 0 Å². The Balaban J connectivity index is 2.19. The van der Waals surface area contributed by atoms with Gasteiger partial charge in [-0.25, -0.2) is 0 Å². The van der Waals surface area contributed by atoms with Gasteiger partial charge in [0.15, 0.2) is 27.8 Å². The Morgan fingerprint density at radius 1 is 1.16 bits per heavy atom. The van der Waals surface area contributed by atoms with E-state index in [4.69, 9.17) is 13.6 Å². The Bertz CT molecular complexity index is 879. The monoisotopic (exact) mass is 581 g/mol. The number of nitrogens with zero attached hydrogens (tertiary/aromatic N) is 1. The van der Waals surface area contributed by atoms with E-state index in [1.165, 1.54) is 0 Å². The van der Waals surface area contributed by atoms with Gasteiger partial charge < -0.3 is 23.3 Å². The maximum Gasteiger partial charge on any atom is 0.308 e. The van der Waals surface area contributed by atoms with Crippen LogP contribution in [0.4, 0.5) is 0 Å². The summed E-state index contributed by atoms with van der Waals surface area (Å²) in [4.78, 5) is 26.3. The third kappa shape index (κ3) is 8.35. The van der Waals surface area contributed by atoms with Crippen LogP contribution in [0.1, 0.15) is 58.9 Å². The lowest BCUT2D eigenvalue weighted by Gasteiger charge is -2.59. The van der Waals surface area contributed by atoms with E-state index in [1.807, 2.05) is 30.3 Å². The molecule has 1 unspecified atom stereocenters. The van der Waals surface area contributed by atoms with Crippen molar-refractivity contribution in [2.75, 3.05) is 0 Å². The molecule has 38 heavy (non-hydrogen) atoms. The van der Waals surface area contributed by atoms with Crippen LogP contribution < -0.4 is 0 Å². The summed E-state index contributed by atoms with van der Waals surface area (Å²) in [6, 6.07) is 10.5. The Morgan fingerprint density at radius 2 is 1.76 bits per heavy atom. The number of ether oxygens (including phenoxy) is 1. The largest absolute Gasteiger partial charge is 0.461 e. The number of carbonyl (C=O) groups excluding carboxylic acids is 2. The Labute approximate surface area is 236 Å². The van der Waals surface area contributed by atoms with Gasteiger partial charge in [-0.2, -0.15) is 0 Å². The molecule has 7 nitrogen and oxygen atoms in total. The van der Waals surface area contributed by atoms with Crippen LogP contribution in [0.25, 0.3) is 0 Å². The van der Waals surface area contributed by atoms with Crippen molar-refractivity contribution in [3.05, 3.63) is 35.9 Å². The average molecular weight is 582 g/mol. The molecule has 2 rings (SSSR count). The molecule has 0 aromatic heterocycles. The number of aliphatic hydroxyl groups is 1. The number of unbranched alkanes of at least 4 members (excludes halogenated alkanes) is 1. The standard InChI is InChI=1S/C28H51NO6Si3/c1-9-10-16-38(7,8)29-23(17-22(30)18-24(31)33-19-21-14-12-11-13-15-21)25(26(29)32)20(2)28(3,4)27(34-36-5)35-37-6/h11-15,20,22-23,25,27,30H,9-10,16-19,36-37H2,1-8H3/t20-,22?,23-,25+/m1/s1. The maximum absolute atomic E-state index is 13.8. The maximum atomic E-state index is 13.8. The number of carbonyl (C=O) groups is 2. The quantitative estimate of drug-likeness (QED) is 0.130. The molecule has 1 aromatic rings. The van der Waals surface area contributed by atoms with Crippen LogP contribution in [0.5, 0.6) is 0 Å². The summed E-state index contributed by atoms with van der Waals surface area (Å²) in [6.45, 7) is 17.5. The van der Waals surface area contributed by atoms with Gasteiger partial charge in [-0.3, -0.25) is 9.59 Å². The average Bonchev–Trinajstić information content (AvgIpc) is 2.86. The number of benzene rings is 1. The van der Waals surface area contributed by atoms with Crippen LogP contribution in [0.3, 0.4) is 0 Å². The second-order valence-corrected chi connectivity index (χ2v) is 18.2. The van der Waals surface area contributed by atoms with E-state index in [0.717, 1.165) is 24.4 Å². The molecule has 4 atom stereocenters. The van der Waals surface area contributed by atoms with Crippen molar-refractivity contribution in [1.82, 2.24) is 4.57 Å². The summed E-state index contributed by atoms with van der Waals surface area (Å²) in [5.74, 6) is -0.479. The van der Waals surface area contributed by atoms with Crippen LogP contribution in [0.15, 0.2) is 30.3 Å². The molecule has 1 heterocycles. The van der Waals surface area contributed by atoms with Crippen LogP contribution in [-0.4, -0.2) is 67.7 Å². The van der Waals surface area contributed by atoms with Gasteiger partial charge in [0, 0.05) is 11.5 Å². The molecule has 1 aliphatic heterocycles. The van der Waals surface area contributed by atoms with Gasteiger partial charge >= 0.3 is 5.97 Å². The fourth-order valence-corrected chi connectivity index (χ4v) is 10.9. The number of rotatable bonds is 17. The van der Waals surface area contributed by atoms with Gasteiger partial charge in [0.25, 0.3) is 0 Å². The SMILES string of the molecule is CCCC[Si](C)(C)N1C(=O)[C@@H]([C@@H](C)C(C)(C)C(O[SiH2]C)O[SiH2]C)[C@H]1CC(O)CC(=O)OCc1ccccc1. The third-order valence-corrected chi connectivity index (χ3v) is 12.9. The predicted molar refractivity (Wildman–Crippen MR) is 161 cm³/mol. The summed E-state index contributed by atoms with van der Waals surface area (Å²) in [7, 11) is -3.40. The van der Waals surface area contributed by atoms with E-state index in [9.17, 15) is 14.7 Å². The fourth-order valence-electron chi connectivity index (χ4n) is 5.65. The summed E-state index contributed by atoms with van der Waals surface area (Å²) >= 11 is 0. The minimum atomic E-state index is -2.03. The number of aliphatic hydroxyl groups excluding tert-OH is 1. The summed E-state index contributed by atoms with van der Waals surface area (Å²) < 4.78 is 19.8. The van der Waals surface area contributed by atoms with Crippen molar-refractivity contribution in [2.45, 2.75) is 111 Å². The zero-order valence-electron chi connectivity index (χ0n) is 24.9. The molecule has 0 bridgehead atoms.